The van der Waals surface area contributed by atoms with E-state index in [-0.39, 0.29) is 0 Å². The number of rotatable bonds is 7. The molecule has 102 valence electrons. The zero-order valence-electron chi connectivity index (χ0n) is 11.9. The maximum absolute atomic E-state index is 5.94. The summed E-state index contributed by atoms with van der Waals surface area (Å²) in [5.41, 5.74) is 0. The van der Waals surface area contributed by atoms with Gasteiger partial charge in [0, 0.05) is 26.2 Å². The zero-order valence-corrected chi connectivity index (χ0v) is 11.9. The van der Waals surface area contributed by atoms with Crippen molar-refractivity contribution in [2.45, 2.75) is 39.7 Å². The van der Waals surface area contributed by atoms with E-state index < -0.39 is 0 Å². The van der Waals surface area contributed by atoms with E-state index in [1.807, 2.05) is 0 Å². The molecular formula is C14H29NO2. The molecule has 0 spiro atoms. The van der Waals surface area contributed by atoms with Crippen molar-refractivity contribution < 1.29 is 9.47 Å². The summed E-state index contributed by atoms with van der Waals surface area (Å²) in [7, 11) is 1.77. The van der Waals surface area contributed by atoms with Crippen LogP contribution in [0, 0.1) is 17.8 Å². The van der Waals surface area contributed by atoms with Gasteiger partial charge in [-0.3, -0.25) is 0 Å². The van der Waals surface area contributed by atoms with Gasteiger partial charge in [-0.05, 0) is 31.2 Å². The summed E-state index contributed by atoms with van der Waals surface area (Å²) in [6, 6.07) is 0. The topological polar surface area (TPSA) is 30.5 Å². The van der Waals surface area contributed by atoms with Crippen LogP contribution in [0.4, 0.5) is 0 Å². The molecule has 1 fully saturated rings. The lowest BCUT2D eigenvalue weighted by Crippen LogP contribution is -2.42. The van der Waals surface area contributed by atoms with E-state index >= 15 is 0 Å². The smallest absolute Gasteiger partial charge is 0.0662 e. The molecule has 3 atom stereocenters. The molecule has 1 rings (SSSR count). The van der Waals surface area contributed by atoms with Gasteiger partial charge in [-0.1, -0.05) is 20.8 Å². The third-order valence-corrected chi connectivity index (χ3v) is 3.44. The van der Waals surface area contributed by atoms with Gasteiger partial charge >= 0.3 is 0 Å². The van der Waals surface area contributed by atoms with Gasteiger partial charge < -0.3 is 14.8 Å². The summed E-state index contributed by atoms with van der Waals surface area (Å²) in [4.78, 5) is 0. The first-order valence-corrected chi connectivity index (χ1v) is 6.96. The number of ether oxygens (including phenoxy) is 2. The first kappa shape index (κ1) is 14.9. The first-order valence-electron chi connectivity index (χ1n) is 6.96. The van der Waals surface area contributed by atoms with Gasteiger partial charge in [-0.25, -0.2) is 0 Å². The van der Waals surface area contributed by atoms with Crippen LogP contribution in [-0.2, 0) is 9.47 Å². The van der Waals surface area contributed by atoms with Gasteiger partial charge in [0.05, 0.1) is 12.7 Å². The Hall–Kier alpha value is -0.120. The van der Waals surface area contributed by atoms with Crippen LogP contribution in [0.15, 0.2) is 0 Å². The van der Waals surface area contributed by atoms with Crippen molar-refractivity contribution in [3.8, 4) is 0 Å². The molecule has 1 N–H and O–H groups in total. The predicted molar refractivity (Wildman–Crippen MR) is 71.2 cm³/mol. The van der Waals surface area contributed by atoms with Crippen LogP contribution in [0.25, 0.3) is 0 Å². The van der Waals surface area contributed by atoms with Gasteiger partial charge in [-0.2, -0.15) is 0 Å². The molecule has 0 bridgehead atoms. The molecule has 1 aliphatic heterocycles. The van der Waals surface area contributed by atoms with Gasteiger partial charge in [0.25, 0.3) is 0 Å². The molecule has 3 heteroatoms. The molecule has 3 nitrogen and oxygen atoms in total. The molecule has 1 saturated heterocycles. The summed E-state index contributed by atoms with van der Waals surface area (Å²) >= 11 is 0. The molecule has 0 radical (unpaired) electrons. The highest BCUT2D eigenvalue weighted by Crippen LogP contribution is 2.26. The van der Waals surface area contributed by atoms with Crippen molar-refractivity contribution in [3.05, 3.63) is 0 Å². The van der Waals surface area contributed by atoms with Crippen molar-refractivity contribution in [2.75, 3.05) is 33.4 Å². The molecule has 0 saturated carbocycles. The number of hydrogen-bond acceptors (Lipinski definition) is 3. The maximum Gasteiger partial charge on any atom is 0.0662 e. The Bertz CT molecular complexity index is 197. The van der Waals surface area contributed by atoms with Crippen LogP contribution >= 0.6 is 0 Å². The Morgan fingerprint density at radius 2 is 2.12 bits per heavy atom. The average Bonchev–Trinajstić information content (AvgIpc) is 2.29. The maximum atomic E-state index is 5.94. The van der Waals surface area contributed by atoms with Gasteiger partial charge in [0.2, 0.25) is 0 Å². The van der Waals surface area contributed by atoms with Crippen molar-refractivity contribution in [1.29, 1.82) is 0 Å². The fourth-order valence-corrected chi connectivity index (χ4v) is 2.63. The number of methoxy groups -OCH3 is 1. The standard InChI is InChI=1S/C14H29NO2/c1-11(2)8-15-9-13-6-5-7-17-14(13)12(3)10-16-4/h11-15H,5-10H2,1-4H3. The Kier molecular flexibility index (Phi) is 7.09. The second kappa shape index (κ2) is 8.06. The van der Waals surface area contributed by atoms with E-state index in [1.165, 1.54) is 12.8 Å². The summed E-state index contributed by atoms with van der Waals surface area (Å²) in [6.07, 6.45) is 2.84. The van der Waals surface area contributed by atoms with Crippen LogP contribution in [0.2, 0.25) is 0 Å². The third kappa shape index (κ3) is 5.36. The van der Waals surface area contributed by atoms with E-state index in [9.17, 15) is 0 Å². The second-order valence-corrected chi connectivity index (χ2v) is 5.72. The Balaban J connectivity index is 2.36. The Labute approximate surface area is 106 Å². The van der Waals surface area contributed by atoms with Crippen LogP contribution in [-0.4, -0.2) is 39.5 Å². The second-order valence-electron chi connectivity index (χ2n) is 5.72. The Morgan fingerprint density at radius 3 is 2.76 bits per heavy atom. The van der Waals surface area contributed by atoms with Crippen LogP contribution < -0.4 is 5.32 Å². The summed E-state index contributed by atoms with van der Waals surface area (Å²) < 4.78 is 11.2. The summed E-state index contributed by atoms with van der Waals surface area (Å²) in [6.45, 7) is 10.6. The normalized spacial score (nSPS) is 27.4. The zero-order chi connectivity index (χ0) is 12.7. The molecule has 1 aliphatic rings. The minimum absolute atomic E-state index is 0.364. The highest BCUT2D eigenvalue weighted by molar-refractivity contribution is 4.80. The molecule has 0 amide bonds. The molecule has 0 aromatic carbocycles. The molecule has 0 aromatic rings. The molecule has 0 aliphatic carbocycles. The fourth-order valence-electron chi connectivity index (χ4n) is 2.63. The molecule has 1 heterocycles. The van der Waals surface area contributed by atoms with Gasteiger partial charge in [0.1, 0.15) is 0 Å². The SMILES string of the molecule is COCC(C)C1OCCCC1CNCC(C)C. The van der Waals surface area contributed by atoms with E-state index in [0.717, 1.165) is 26.3 Å². The minimum Gasteiger partial charge on any atom is -0.384 e. The number of hydrogen-bond donors (Lipinski definition) is 1. The highest BCUT2D eigenvalue weighted by Gasteiger charge is 2.30. The van der Waals surface area contributed by atoms with E-state index in [2.05, 4.69) is 26.1 Å². The van der Waals surface area contributed by atoms with Crippen LogP contribution in [0.5, 0.6) is 0 Å². The largest absolute Gasteiger partial charge is 0.384 e. The molecule has 3 unspecified atom stereocenters. The van der Waals surface area contributed by atoms with Crippen molar-refractivity contribution in [1.82, 2.24) is 5.32 Å². The van der Waals surface area contributed by atoms with Crippen LogP contribution in [0.1, 0.15) is 33.6 Å². The molecule has 17 heavy (non-hydrogen) atoms. The third-order valence-electron chi connectivity index (χ3n) is 3.44. The van der Waals surface area contributed by atoms with Crippen molar-refractivity contribution in [2.24, 2.45) is 17.8 Å². The monoisotopic (exact) mass is 243 g/mol. The quantitative estimate of drug-likeness (QED) is 0.744. The van der Waals surface area contributed by atoms with Gasteiger partial charge in [-0.15, -0.1) is 0 Å². The summed E-state index contributed by atoms with van der Waals surface area (Å²) in [5, 5.41) is 3.56. The van der Waals surface area contributed by atoms with E-state index in [4.69, 9.17) is 9.47 Å². The highest BCUT2D eigenvalue weighted by atomic mass is 16.5. The van der Waals surface area contributed by atoms with E-state index in [0.29, 0.717) is 23.9 Å². The van der Waals surface area contributed by atoms with Crippen molar-refractivity contribution in [3.63, 3.8) is 0 Å². The van der Waals surface area contributed by atoms with E-state index in [1.54, 1.807) is 7.11 Å². The fraction of sp³-hybridized carbons (Fsp3) is 1.00. The minimum atomic E-state index is 0.364. The summed E-state index contributed by atoms with van der Waals surface area (Å²) in [5.74, 6) is 1.85. The Morgan fingerprint density at radius 1 is 1.35 bits per heavy atom. The lowest BCUT2D eigenvalue weighted by atomic mass is 9.87. The molecule has 0 aromatic heterocycles. The predicted octanol–water partition coefficient (Wildman–Crippen LogP) is 2.31. The first-order chi connectivity index (χ1) is 8.15. The average molecular weight is 243 g/mol. The van der Waals surface area contributed by atoms with Crippen molar-refractivity contribution >= 4 is 0 Å². The van der Waals surface area contributed by atoms with Crippen LogP contribution in [0.3, 0.4) is 0 Å². The van der Waals surface area contributed by atoms with Gasteiger partial charge in [0.15, 0.2) is 0 Å². The lowest BCUT2D eigenvalue weighted by Gasteiger charge is -2.35. The lowest BCUT2D eigenvalue weighted by molar-refractivity contribution is -0.0705. The number of nitrogens with one attached hydrogen (secondary N) is 1. The molecular weight excluding hydrogens is 214 g/mol.